The SMILES string of the molecule is CO[C@@H]1CC[C@]2(OC)CCN(Cc3nc4ncccn4n3)[C@@H]2C1. The highest BCUT2D eigenvalue weighted by atomic mass is 16.5. The lowest BCUT2D eigenvalue weighted by atomic mass is 9.79. The van der Waals surface area contributed by atoms with Crippen LogP contribution in [-0.4, -0.2) is 63.0 Å². The molecule has 1 saturated heterocycles. The van der Waals surface area contributed by atoms with Crippen molar-refractivity contribution in [2.24, 2.45) is 0 Å². The van der Waals surface area contributed by atoms with E-state index in [4.69, 9.17) is 9.47 Å². The number of aromatic nitrogens is 4. The van der Waals surface area contributed by atoms with Gasteiger partial charge in [0.1, 0.15) is 0 Å². The minimum absolute atomic E-state index is 0.0353. The maximum atomic E-state index is 5.97. The van der Waals surface area contributed by atoms with E-state index < -0.39 is 0 Å². The first-order valence-corrected chi connectivity index (χ1v) is 8.22. The maximum Gasteiger partial charge on any atom is 0.252 e. The first-order valence-electron chi connectivity index (χ1n) is 8.22. The van der Waals surface area contributed by atoms with Crippen molar-refractivity contribution in [1.82, 2.24) is 24.5 Å². The summed E-state index contributed by atoms with van der Waals surface area (Å²) in [4.78, 5) is 11.2. The minimum Gasteiger partial charge on any atom is -0.381 e. The molecule has 7 nitrogen and oxygen atoms in total. The number of hydrogen-bond donors (Lipinski definition) is 0. The molecule has 1 saturated carbocycles. The highest BCUT2D eigenvalue weighted by Crippen LogP contribution is 2.43. The molecule has 0 amide bonds. The Labute approximate surface area is 135 Å². The molecule has 0 spiro atoms. The fraction of sp³-hybridized carbons (Fsp3) is 0.688. The molecule has 7 heteroatoms. The second kappa shape index (κ2) is 5.81. The molecule has 2 fully saturated rings. The fourth-order valence-corrected chi connectivity index (χ4v) is 4.18. The lowest BCUT2D eigenvalue weighted by Gasteiger charge is -2.43. The van der Waals surface area contributed by atoms with Gasteiger partial charge in [-0.15, -0.1) is 5.10 Å². The van der Waals surface area contributed by atoms with Crippen LogP contribution in [0.4, 0.5) is 0 Å². The topological polar surface area (TPSA) is 64.8 Å². The summed E-state index contributed by atoms with van der Waals surface area (Å²) in [6.07, 6.45) is 8.15. The third kappa shape index (κ3) is 2.52. The molecule has 2 aliphatic rings. The van der Waals surface area contributed by atoms with Crippen LogP contribution in [0.3, 0.4) is 0 Å². The van der Waals surface area contributed by atoms with Gasteiger partial charge >= 0.3 is 0 Å². The van der Waals surface area contributed by atoms with Gasteiger partial charge in [-0.3, -0.25) is 4.90 Å². The number of nitrogens with zero attached hydrogens (tertiary/aromatic N) is 5. The van der Waals surface area contributed by atoms with Crippen LogP contribution in [0.25, 0.3) is 5.78 Å². The predicted octanol–water partition coefficient (Wildman–Crippen LogP) is 1.28. The lowest BCUT2D eigenvalue weighted by Crippen LogP contribution is -2.51. The largest absolute Gasteiger partial charge is 0.381 e. The van der Waals surface area contributed by atoms with Crippen LogP contribution in [0, 0.1) is 0 Å². The average Bonchev–Trinajstić information content (AvgIpc) is 3.16. The zero-order valence-corrected chi connectivity index (χ0v) is 13.7. The summed E-state index contributed by atoms with van der Waals surface area (Å²) in [5.74, 6) is 1.47. The van der Waals surface area contributed by atoms with Gasteiger partial charge < -0.3 is 9.47 Å². The number of likely N-dealkylation sites (tertiary alicyclic amines) is 1. The molecule has 23 heavy (non-hydrogen) atoms. The summed E-state index contributed by atoms with van der Waals surface area (Å²) in [5, 5.41) is 4.53. The smallest absolute Gasteiger partial charge is 0.252 e. The van der Waals surface area contributed by atoms with Gasteiger partial charge in [0.05, 0.1) is 18.2 Å². The first kappa shape index (κ1) is 15.0. The average molecular weight is 317 g/mol. The Kier molecular flexibility index (Phi) is 3.79. The van der Waals surface area contributed by atoms with Crippen LogP contribution in [-0.2, 0) is 16.0 Å². The van der Waals surface area contributed by atoms with E-state index in [-0.39, 0.29) is 5.60 Å². The van der Waals surface area contributed by atoms with Gasteiger partial charge in [-0.2, -0.15) is 4.98 Å². The normalized spacial score (nSPS) is 31.6. The van der Waals surface area contributed by atoms with E-state index in [1.54, 1.807) is 17.8 Å². The predicted molar refractivity (Wildman–Crippen MR) is 84.0 cm³/mol. The number of methoxy groups -OCH3 is 2. The second-order valence-corrected chi connectivity index (χ2v) is 6.53. The molecular weight excluding hydrogens is 294 g/mol. The monoisotopic (exact) mass is 317 g/mol. The molecule has 2 aromatic rings. The highest BCUT2D eigenvalue weighted by molar-refractivity contribution is 5.25. The summed E-state index contributed by atoms with van der Waals surface area (Å²) in [6, 6.07) is 2.23. The maximum absolute atomic E-state index is 5.97. The molecule has 0 radical (unpaired) electrons. The van der Waals surface area contributed by atoms with E-state index in [0.717, 1.165) is 44.6 Å². The molecule has 3 atom stereocenters. The number of fused-ring (bicyclic) bond motifs is 2. The van der Waals surface area contributed by atoms with Crippen LogP contribution in [0.1, 0.15) is 31.5 Å². The summed E-state index contributed by atoms with van der Waals surface area (Å²) in [6.45, 7) is 1.74. The van der Waals surface area contributed by atoms with Crippen molar-refractivity contribution in [3.63, 3.8) is 0 Å². The van der Waals surface area contributed by atoms with E-state index >= 15 is 0 Å². The van der Waals surface area contributed by atoms with Crippen LogP contribution < -0.4 is 0 Å². The first-order chi connectivity index (χ1) is 11.2. The van der Waals surface area contributed by atoms with E-state index in [9.17, 15) is 0 Å². The minimum atomic E-state index is -0.0353. The fourth-order valence-electron chi connectivity index (χ4n) is 4.18. The molecule has 2 aromatic heterocycles. The number of ether oxygens (including phenoxy) is 2. The Balaban J connectivity index is 1.56. The number of rotatable bonds is 4. The molecule has 4 rings (SSSR count). The van der Waals surface area contributed by atoms with Gasteiger partial charge in [0.2, 0.25) is 0 Å². The lowest BCUT2D eigenvalue weighted by molar-refractivity contribution is -0.0949. The standard InChI is InChI=1S/C16H23N5O2/c1-22-12-4-5-16(23-2)6-9-20(13(16)10-12)11-14-18-15-17-7-3-8-21(15)19-14/h3,7-8,12-13H,4-6,9-11H2,1-2H3/t12-,13-,16+/m1/s1. The van der Waals surface area contributed by atoms with Gasteiger partial charge in [-0.25, -0.2) is 9.50 Å². The van der Waals surface area contributed by atoms with Crippen molar-refractivity contribution in [2.75, 3.05) is 20.8 Å². The van der Waals surface area contributed by atoms with E-state index in [2.05, 4.69) is 20.0 Å². The molecular formula is C16H23N5O2. The molecule has 0 bridgehead atoms. The Morgan fingerprint density at radius 2 is 2.26 bits per heavy atom. The Bertz CT molecular complexity index is 657. The van der Waals surface area contributed by atoms with Crippen molar-refractivity contribution < 1.29 is 9.47 Å². The molecule has 1 aliphatic carbocycles. The van der Waals surface area contributed by atoms with E-state index in [1.807, 2.05) is 19.4 Å². The third-order valence-electron chi connectivity index (χ3n) is 5.49. The molecule has 1 aliphatic heterocycles. The molecule has 0 aromatic carbocycles. The van der Waals surface area contributed by atoms with Crippen LogP contribution in [0.2, 0.25) is 0 Å². The van der Waals surface area contributed by atoms with Crippen molar-refractivity contribution in [2.45, 2.75) is 50.0 Å². The van der Waals surface area contributed by atoms with Crippen LogP contribution >= 0.6 is 0 Å². The summed E-state index contributed by atoms with van der Waals surface area (Å²) in [5.41, 5.74) is -0.0353. The molecule has 3 heterocycles. The second-order valence-electron chi connectivity index (χ2n) is 6.53. The third-order valence-corrected chi connectivity index (χ3v) is 5.49. The Hall–Kier alpha value is -1.57. The zero-order chi connectivity index (χ0) is 15.9. The summed E-state index contributed by atoms with van der Waals surface area (Å²) >= 11 is 0. The van der Waals surface area contributed by atoms with E-state index in [0.29, 0.717) is 17.9 Å². The van der Waals surface area contributed by atoms with E-state index in [1.165, 1.54) is 0 Å². The zero-order valence-electron chi connectivity index (χ0n) is 13.7. The van der Waals surface area contributed by atoms with Gasteiger partial charge in [0, 0.05) is 39.2 Å². The Morgan fingerprint density at radius 3 is 3.04 bits per heavy atom. The molecule has 124 valence electrons. The van der Waals surface area contributed by atoms with Crippen LogP contribution in [0.5, 0.6) is 0 Å². The van der Waals surface area contributed by atoms with Gasteiger partial charge in [-0.05, 0) is 31.7 Å². The summed E-state index contributed by atoms with van der Waals surface area (Å²) < 4.78 is 13.3. The van der Waals surface area contributed by atoms with Gasteiger partial charge in [-0.1, -0.05) is 0 Å². The highest BCUT2D eigenvalue weighted by Gasteiger charge is 2.51. The van der Waals surface area contributed by atoms with Gasteiger partial charge in [0.25, 0.3) is 5.78 Å². The Morgan fingerprint density at radius 1 is 1.35 bits per heavy atom. The number of hydrogen-bond acceptors (Lipinski definition) is 6. The van der Waals surface area contributed by atoms with Gasteiger partial charge in [0.15, 0.2) is 5.82 Å². The van der Waals surface area contributed by atoms with Crippen molar-refractivity contribution in [1.29, 1.82) is 0 Å². The molecule has 0 N–H and O–H groups in total. The van der Waals surface area contributed by atoms with Crippen LogP contribution in [0.15, 0.2) is 18.5 Å². The molecule has 0 unspecified atom stereocenters. The van der Waals surface area contributed by atoms with Crippen molar-refractivity contribution >= 4 is 5.78 Å². The summed E-state index contributed by atoms with van der Waals surface area (Å²) in [7, 11) is 3.65. The van der Waals surface area contributed by atoms with Crippen molar-refractivity contribution in [3.8, 4) is 0 Å². The quantitative estimate of drug-likeness (QED) is 0.846. The van der Waals surface area contributed by atoms with Crippen molar-refractivity contribution in [3.05, 3.63) is 24.3 Å².